The second-order valence-corrected chi connectivity index (χ2v) is 4.29. The SMILES string of the molecule is CC(C)C(=N)N1CCCCCCC1. The Morgan fingerprint density at radius 3 is 1.92 bits per heavy atom. The Bertz CT molecular complexity index is 155. The van der Waals surface area contributed by atoms with Gasteiger partial charge >= 0.3 is 0 Å². The molecule has 2 heteroatoms. The molecule has 1 N–H and O–H groups in total. The van der Waals surface area contributed by atoms with Gasteiger partial charge in [0.05, 0.1) is 5.84 Å². The summed E-state index contributed by atoms with van der Waals surface area (Å²) < 4.78 is 0. The van der Waals surface area contributed by atoms with E-state index in [2.05, 4.69) is 18.7 Å². The zero-order valence-corrected chi connectivity index (χ0v) is 8.97. The maximum Gasteiger partial charge on any atom is 0.0983 e. The molecule has 1 saturated heterocycles. The summed E-state index contributed by atoms with van der Waals surface area (Å²) in [5.74, 6) is 1.22. The Balaban J connectivity index is 2.41. The number of hydrogen-bond donors (Lipinski definition) is 1. The van der Waals surface area contributed by atoms with Gasteiger partial charge in [-0.3, -0.25) is 5.41 Å². The Morgan fingerprint density at radius 2 is 1.46 bits per heavy atom. The maximum absolute atomic E-state index is 7.93. The molecule has 2 nitrogen and oxygen atoms in total. The van der Waals surface area contributed by atoms with Crippen LogP contribution in [0.15, 0.2) is 0 Å². The molecule has 0 aromatic carbocycles. The summed E-state index contributed by atoms with van der Waals surface area (Å²) in [6.07, 6.45) is 6.64. The average molecular weight is 182 g/mol. The van der Waals surface area contributed by atoms with Gasteiger partial charge in [0.1, 0.15) is 0 Å². The van der Waals surface area contributed by atoms with Crippen molar-refractivity contribution in [1.29, 1.82) is 5.41 Å². The van der Waals surface area contributed by atoms with Crippen molar-refractivity contribution in [2.75, 3.05) is 13.1 Å². The van der Waals surface area contributed by atoms with Crippen molar-refractivity contribution in [2.45, 2.75) is 46.0 Å². The summed E-state index contributed by atoms with van der Waals surface area (Å²) >= 11 is 0. The highest BCUT2D eigenvalue weighted by Gasteiger charge is 2.13. The minimum absolute atomic E-state index is 0.388. The van der Waals surface area contributed by atoms with Crippen molar-refractivity contribution in [1.82, 2.24) is 4.90 Å². The molecule has 76 valence electrons. The highest BCUT2D eigenvalue weighted by atomic mass is 15.2. The lowest BCUT2D eigenvalue weighted by Gasteiger charge is -2.28. The van der Waals surface area contributed by atoms with E-state index in [1.165, 1.54) is 32.1 Å². The lowest BCUT2D eigenvalue weighted by Crippen LogP contribution is -2.36. The minimum Gasteiger partial charge on any atom is -0.360 e. The molecule has 1 aliphatic heterocycles. The summed E-state index contributed by atoms with van der Waals surface area (Å²) in [4.78, 5) is 2.27. The van der Waals surface area contributed by atoms with E-state index in [0.29, 0.717) is 5.92 Å². The molecule has 1 aliphatic rings. The predicted molar refractivity (Wildman–Crippen MR) is 57.2 cm³/mol. The van der Waals surface area contributed by atoms with Gasteiger partial charge in [0.2, 0.25) is 0 Å². The first-order valence-corrected chi connectivity index (χ1v) is 5.55. The fraction of sp³-hybridized carbons (Fsp3) is 0.909. The van der Waals surface area contributed by atoms with Crippen LogP contribution >= 0.6 is 0 Å². The highest BCUT2D eigenvalue weighted by molar-refractivity contribution is 5.80. The number of rotatable bonds is 1. The van der Waals surface area contributed by atoms with Crippen LogP contribution < -0.4 is 0 Å². The van der Waals surface area contributed by atoms with Gasteiger partial charge in [0.15, 0.2) is 0 Å². The molecule has 0 aliphatic carbocycles. The van der Waals surface area contributed by atoms with E-state index in [9.17, 15) is 0 Å². The summed E-state index contributed by atoms with van der Waals surface area (Å²) in [7, 11) is 0. The molecule has 0 spiro atoms. The fourth-order valence-corrected chi connectivity index (χ4v) is 1.85. The van der Waals surface area contributed by atoms with E-state index in [0.717, 1.165) is 18.9 Å². The van der Waals surface area contributed by atoms with Crippen LogP contribution in [0.3, 0.4) is 0 Å². The summed E-state index contributed by atoms with van der Waals surface area (Å²) in [5.41, 5.74) is 0. The molecule has 1 heterocycles. The van der Waals surface area contributed by atoms with E-state index >= 15 is 0 Å². The molecule has 0 aromatic heterocycles. The van der Waals surface area contributed by atoms with Crippen LogP contribution in [0.4, 0.5) is 0 Å². The highest BCUT2D eigenvalue weighted by Crippen LogP contribution is 2.12. The van der Waals surface area contributed by atoms with E-state index in [4.69, 9.17) is 5.41 Å². The van der Waals surface area contributed by atoms with Gasteiger partial charge in [-0.15, -0.1) is 0 Å². The normalized spacial score (nSPS) is 19.8. The largest absolute Gasteiger partial charge is 0.360 e. The standard InChI is InChI=1S/C11H22N2/c1-10(2)11(12)13-8-6-4-3-5-7-9-13/h10,12H,3-9H2,1-2H3. The van der Waals surface area contributed by atoms with Crippen molar-refractivity contribution in [2.24, 2.45) is 5.92 Å². The van der Waals surface area contributed by atoms with Gasteiger partial charge in [-0.05, 0) is 12.8 Å². The van der Waals surface area contributed by atoms with Gasteiger partial charge in [0, 0.05) is 19.0 Å². The Morgan fingerprint density at radius 1 is 1.00 bits per heavy atom. The summed E-state index contributed by atoms with van der Waals surface area (Å²) in [6.45, 7) is 6.44. The van der Waals surface area contributed by atoms with Crippen LogP contribution in [0.1, 0.15) is 46.0 Å². The third-order valence-corrected chi connectivity index (χ3v) is 2.74. The van der Waals surface area contributed by atoms with Crippen molar-refractivity contribution in [3.05, 3.63) is 0 Å². The fourth-order valence-electron chi connectivity index (χ4n) is 1.85. The lowest BCUT2D eigenvalue weighted by atomic mass is 10.1. The minimum atomic E-state index is 0.388. The number of nitrogens with one attached hydrogen (secondary N) is 1. The van der Waals surface area contributed by atoms with Gasteiger partial charge in [0.25, 0.3) is 0 Å². The molecule has 0 unspecified atom stereocenters. The maximum atomic E-state index is 7.93. The third-order valence-electron chi connectivity index (χ3n) is 2.74. The van der Waals surface area contributed by atoms with Crippen molar-refractivity contribution >= 4 is 5.84 Å². The quantitative estimate of drug-likeness (QED) is 0.490. The van der Waals surface area contributed by atoms with E-state index in [1.807, 2.05) is 0 Å². The first-order valence-electron chi connectivity index (χ1n) is 5.55. The molecule has 0 aromatic rings. The van der Waals surface area contributed by atoms with Crippen LogP contribution in [0.5, 0.6) is 0 Å². The molecule has 0 bridgehead atoms. The molecule has 0 saturated carbocycles. The molecule has 1 fully saturated rings. The first-order chi connectivity index (χ1) is 6.22. The van der Waals surface area contributed by atoms with Crippen molar-refractivity contribution < 1.29 is 0 Å². The number of amidine groups is 1. The average Bonchev–Trinajstić information content (AvgIpc) is 2.02. The van der Waals surface area contributed by atoms with Crippen LogP contribution in [0.25, 0.3) is 0 Å². The number of hydrogen-bond acceptors (Lipinski definition) is 1. The van der Waals surface area contributed by atoms with Crippen LogP contribution in [-0.2, 0) is 0 Å². The van der Waals surface area contributed by atoms with Gasteiger partial charge < -0.3 is 4.90 Å². The van der Waals surface area contributed by atoms with Crippen molar-refractivity contribution in [3.8, 4) is 0 Å². The summed E-state index contributed by atoms with van der Waals surface area (Å²) in [5, 5.41) is 7.93. The van der Waals surface area contributed by atoms with Gasteiger partial charge in [-0.2, -0.15) is 0 Å². The van der Waals surface area contributed by atoms with Crippen molar-refractivity contribution in [3.63, 3.8) is 0 Å². The molecule has 0 atom stereocenters. The lowest BCUT2D eigenvalue weighted by molar-refractivity contribution is 0.347. The second kappa shape index (κ2) is 5.25. The molecule has 0 amide bonds. The second-order valence-electron chi connectivity index (χ2n) is 4.29. The molecular weight excluding hydrogens is 160 g/mol. The monoisotopic (exact) mass is 182 g/mol. The molecule has 1 rings (SSSR count). The van der Waals surface area contributed by atoms with Crippen LogP contribution in [0, 0.1) is 11.3 Å². The Hall–Kier alpha value is -0.530. The Kier molecular flexibility index (Phi) is 4.26. The van der Waals surface area contributed by atoms with Gasteiger partial charge in [-0.25, -0.2) is 0 Å². The smallest absolute Gasteiger partial charge is 0.0983 e. The number of nitrogens with zero attached hydrogens (tertiary/aromatic N) is 1. The third kappa shape index (κ3) is 3.37. The van der Waals surface area contributed by atoms with Crippen LogP contribution in [0.2, 0.25) is 0 Å². The first kappa shape index (κ1) is 10.6. The molecule has 0 radical (unpaired) electrons. The topological polar surface area (TPSA) is 27.1 Å². The van der Waals surface area contributed by atoms with E-state index in [-0.39, 0.29) is 0 Å². The Labute approximate surface area is 81.8 Å². The predicted octanol–water partition coefficient (Wildman–Crippen LogP) is 2.89. The zero-order chi connectivity index (χ0) is 9.68. The number of likely N-dealkylation sites (tertiary alicyclic amines) is 1. The zero-order valence-electron chi connectivity index (χ0n) is 8.97. The van der Waals surface area contributed by atoms with Gasteiger partial charge in [-0.1, -0.05) is 33.1 Å². The van der Waals surface area contributed by atoms with E-state index in [1.54, 1.807) is 0 Å². The summed E-state index contributed by atoms with van der Waals surface area (Å²) in [6, 6.07) is 0. The van der Waals surface area contributed by atoms with Crippen LogP contribution in [-0.4, -0.2) is 23.8 Å². The van der Waals surface area contributed by atoms with E-state index < -0.39 is 0 Å². The molecular formula is C11H22N2. The molecule has 13 heavy (non-hydrogen) atoms.